The lowest BCUT2D eigenvalue weighted by molar-refractivity contribution is -0.118. The maximum atomic E-state index is 12.1. The Morgan fingerprint density at radius 1 is 1.04 bits per heavy atom. The van der Waals surface area contributed by atoms with Crippen molar-refractivity contribution in [3.05, 3.63) is 70.3 Å². The smallest absolute Gasteiger partial charge is 0.286 e. The average molecular weight is 381 g/mol. The highest BCUT2D eigenvalue weighted by molar-refractivity contribution is 8.15. The SMILES string of the molecule is O=C1NC(=O)[C@@H](Cc2ccc(OCc3nc4ccccc4c(=O)[nH]3)cc2)S1. The Morgan fingerprint density at radius 3 is 2.56 bits per heavy atom. The first-order chi connectivity index (χ1) is 13.1. The normalized spacial score (nSPS) is 16.5. The molecule has 0 saturated carbocycles. The van der Waals surface area contributed by atoms with Crippen LogP contribution in [0.1, 0.15) is 11.4 Å². The number of amides is 2. The third-order valence-corrected chi connectivity index (χ3v) is 5.13. The number of aromatic nitrogens is 2. The van der Waals surface area contributed by atoms with Crippen molar-refractivity contribution in [1.29, 1.82) is 0 Å². The molecule has 27 heavy (non-hydrogen) atoms. The van der Waals surface area contributed by atoms with Gasteiger partial charge in [-0.05, 0) is 36.2 Å². The fourth-order valence-electron chi connectivity index (χ4n) is 2.82. The number of hydrogen-bond donors (Lipinski definition) is 2. The van der Waals surface area contributed by atoms with Gasteiger partial charge in [0.25, 0.3) is 10.8 Å². The fraction of sp³-hybridized carbons (Fsp3) is 0.158. The van der Waals surface area contributed by atoms with Crippen molar-refractivity contribution < 1.29 is 14.3 Å². The zero-order valence-electron chi connectivity index (χ0n) is 14.1. The number of aromatic amines is 1. The predicted molar refractivity (Wildman–Crippen MR) is 102 cm³/mol. The van der Waals surface area contributed by atoms with Crippen molar-refractivity contribution in [2.45, 2.75) is 18.3 Å². The zero-order chi connectivity index (χ0) is 18.8. The summed E-state index contributed by atoms with van der Waals surface area (Å²) >= 11 is 1.01. The van der Waals surface area contributed by atoms with E-state index in [9.17, 15) is 14.4 Å². The average Bonchev–Trinajstić information content (AvgIpc) is 2.98. The molecular weight excluding hydrogens is 366 g/mol. The summed E-state index contributed by atoms with van der Waals surface area (Å²) in [5, 5.41) is 2.12. The Morgan fingerprint density at radius 2 is 1.81 bits per heavy atom. The lowest BCUT2D eigenvalue weighted by Crippen LogP contribution is -2.25. The number of carbonyl (C=O) groups is 2. The molecule has 8 heteroatoms. The van der Waals surface area contributed by atoms with E-state index in [4.69, 9.17) is 4.74 Å². The maximum absolute atomic E-state index is 12.1. The third-order valence-electron chi connectivity index (χ3n) is 4.15. The van der Waals surface area contributed by atoms with Crippen LogP contribution in [0.3, 0.4) is 0 Å². The van der Waals surface area contributed by atoms with E-state index >= 15 is 0 Å². The maximum Gasteiger partial charge on any atom is 0.286 e. The first kappa shape index (κ1) is 17.3. The van der Waals surface area contributed by atoms with Crippen LogP contribution >= 0.6 is 11.8 Å². The molecule has 2 amide bonds. The van der Waals surface area contributed by atoms with Crippen molar-refractivity contribution in [2.75, 3.05) is 0 Å². The molecule has 1 saturated heterocycles. The number of benzene rings is 2. The van der Waals surface area contributed by atoms with E-state index in [0.29, 0.717) is 28.9 Å². The molecule has 2 N–H and O–H groups in total. The second-order valence-electron chi connectivity index (χ2n) is 6.05. The molecule has 2 aromatic carbocycles. The van der Waals surface area contributed by atoms with Gasteiger partial charge in [0.15, 0.2) is 0 Å². The van der Waals surface area contributed by atoms with E-state index in [-0.39, 0.29) is 23.3 Å². The molecule has 4 rings (SSSR count). The zero-order valence-corrected chi connectivity index (χ0v) is 14.9. The van der Waals surface area contributed by atoms with E-state index in [1.54, 1.807) is 30.3 Å². The summed E-state index contributed by atoms with van der Waals surface area (Å²) < 4.78 is 5.69. The quantitative estimate of drug-likeness (QED) is 0.704. The number of nitrogens with one attached hydrogen (secondary N) is 2. The third kappa shape index (κ3) is 3.85. The van der Waals surface area contributed by atoms with E-state index < -0.39 is 5.25 Å². The summed E-state index contributed by atoms with van der Waals surface area (Å²) in [4.78, 5) is 42.0. The number of H-pyrrole nitrogens is 1. The number of para-hydroxylation sites is 1. The van der Waals surface area contributed by atoms with Crippen LogP contribution in [0.25, 0.3) is 10.9 Å². The van der Waals surface area contributed by atoms with Gasteiger partial charge in [-0.2, -0.15) is 0 Å². The van der Waals surface area contributed by atoms with E-state index in [0.717, 1.165) is 17.3 Å². The predicted octanol–water partition coefficient (Wildman–Crippen LogP) is 2.40. The molecule has 3 aromatic rings. The molecule has 136 valence electrons. The summed E-state index contributed by atoms with van der Waals surface area (Å²) in [5.74, 6) is 0.811. The molecule has 1 atom stereocenters. The molecule has 1 aromatic heterocycles. The first-order valence-electron chi connectivity index (χ1n) is 8.29. The highest BCUT2D eigenvalue weighted by Gasteiger charge is 2.31. The van der Waals surface area contributed by atoms with Gasteiger partial charge in [0, 0.05) is 0 Å². The molecule has 0 radical (unpaired) electrons. The van der Waals surface area contributed by atoms with E-state index in [1.807, 2.05) is 18.2 Å². The van der Waals surface area contributed by atoms with Crippen molar-refractivity contribution in [1.82, 2.24) is 15.3 Å². The molecule has 0 bridgehead atoms. The van der Waals surface area contributed by atoms with Crippen molar-refractivity contribution in [2.24, 2.45) is 0 Å². The number of nitrogens with zero attached hydrogens (tertiary/aromatic N) is 1. The molecule has 7 nitrogen and oxygen atoms in total. The Hall–Kier alpha value is -3.13. The van der Waals surface area contributed by atoms with Crippen molar-refractivity contribution in [3.63, 3.8) is 0 Å². The molecule has 1 fully saturated rings. The standard InChI is InChI=1S/C19H15N3O4S/c23-17-13-3-1-2-4-14(13)20-16(21-17)10-26-12-7-5-11(6-8-12)9-15-18(24)22-19(25)27-15/h1-8,15H,9-10H2,(H,20,21,23)(H,22,24,25)/t15-/m1/s1. The van der Waals surface area contributed by atoms with Gasteiger partial charge in [-0.1, -0.05) is 36.0 Å². The molecule has 0 aliphatic carbocycles. The molecule has 1 aliphatic rings. The van der Waals surface area contributed by atoms with Gasteiger partial charge < -0.3 is 9.72 Å². The molecular formula is C19H15N3O4S. The highest BCUT2D eigenvalue weighted by atomic mass is 32.2. The van der Waals surface area contributed by atoms with Gasteiger partial charge in [-0.15, -0.1) is 0 Å². The van der Waals surface area contributed by atoms with E-state index in [2.05, 4.69) is 15.3 Å². The fourth-order valence-corrected chi connectivity index (χ4v) is 3.68. The van der Waals surface area contributed by atoms with Gasteiger partial charge >= 0.3 is 0 Å². The van der Waals surface area contributed by atoms with Crippen LogP contribution in [0.5, 0.6) is 5.75 Å². The number of carbonyl (C=O) groups excluding carboxylic acids is 2. The minimum atomic E-state index is -0.392. The van der Waals surface area contributed by atoms with Gasteiger partial charge in [0.2, 0.25) is 5.91 Å². The largest absolute Gasteiger partial charge is 0.486 e. The van der Waals surface area contributed by atoms with Crippen molar-refractivity contribution in [3.8, 4) is 5.75 Å². The van der Waals surface area contributed by atoms with E-state index in [1.165, 1.54) is 0 Å². The Balaban J connectivity index is 1.41. The number of imide groups is 1. The molecule has 2 heterocycles. The second kappa shape index (κ2) is 7.24. The first-order valence-corrected chi connectivity index (χ1v) is 9.17. The van der Waals surface area contributed by atoms with Crippen LogP contribution in [-0.4, -0.2) is 26.4 Å². The summed E-state index contributed by atoms with van der Waals surface area (Å²) in [7, 11) is 0. The molecule has 0 unspecified atom stereocenters. The summed E-state index contributed by atoms with van der Waals surface area (Å²) in [6, 6.07) is 14.4. The Bertz CT molecular complexity index is 1080. The van der Waals surface area contributed by atoms with Crippen LogP contribution in [-0.2, 0) is 17.8 Å². The summed E-state index contributed by atoms with van der Waals surface area (Å²) in [5.41, 5.74) is 1.36. The highest BCUT2D eigenvalue weighted by Crippen LogP contribution is 2.24. The lowest BCUT2D eigenvalue weighted by Gasteiger charge is -2.09. The monoisotopic (exact) mass is 381 g/mol. The van der Waals surface area contributed by atoms with Crippen LogP contribution in [0, 0.1) is 0 Å². The van der Waals surface area contributed by atoms with Crippen LogP contribution in [0.15, 0.2) is 53.3 Å². The summed E-state index contributed by atoms with van der Waals surface area (Å²) in [6.45, 7) is 0.134. The van der Waals surface area contributed by atoms with Gasteiger partial charge in [-0.3, -0.25) is 19.7 Å². The second-order valence-corrected chi connectivity index (χ2v) is 7.23. The van der Waals surface area contributed by atoms with Gasteiger partial charge in [0.1, 0.15) is 18.2 Å². The van der Waals surface area contributed by atoms with Gasteiger partial charge in [-0.25, -0.2) is 4.98 Å². The van der Waals surface area contributed by atoms with Gasteiger partial charge in [0.05, 0.1) is 16.2 Å². The lowest BCUT2D eigenvalue weighted by atomic mass is 10.1. The number of hydrogen-bond acceptors (Lipinski definition) is 6. The Labute approximate surface area is 158 Å². The molecule has 1 aliphatic heterocycles. The van der Waals surface area contributed by atoms with Crippen molar-refractivity contribution >= 4 is 33.8 Å². The Kier molecular flexibility index (Phi) is 4.64. The number of thioether (sulfide) groups is 1. The minimum Gasteiger partial charge on any atom is -0.486 e. The molecule has 0 spiro atoms. The van der Waals surface area contributed by atoms with Crippen LogP contribution < -0.4 is 15.6 Å². The topological polar surface area (TPSA) is 101 Å². The number of ether oxygens (including phenoxy) is 1. The summed E-state index contributed by atoms with van der Waals surface area (Å²) in [6.07, 6.45) is 0.474. The number of fused-ring (bicyclic) bond motifs is 1. The van der Waals surface area contributed by atoms with Crippen LogP contribution in [0.2, 0.25) is 0 Å². The minimum absolute atomic E-state index is 0.134. The number of rotatable bonds is 5. The van der Waals surface area contributed by atoms with Crippen LogP contribution in [0.4, 0.5) is 4.79 Å².